The first-order valence-electron chi connectivity index (χ1n) is 3.45. The van der Waals surface area contributed by atoms with E-state index in [1.165, 1.54) is 0 Å². The van der Waals surface area contributed by atoms with Crippen molar-refractivity contribution in [2.75, 3.05) is 0 Å². The quantitative estimate of drug-likeness (QED) is 0.416. The number of hydrogen-bond donors (Lipinski definition) is 0. The summed E-state index contributed by atoms with van der Waals surface area (Å²) in [6.45, 7) is 1.07. The molecule has 80 valence electrons. The topological polar surface area (TPSA) is 58.0 Å². The summed E-state index contributed by atoms with van der Waals surface area (Å²) in [7, 11) is 1.15. The fourth-order valence-electron chi connectivity index (χ4n) is 1.12. The number of rotatable bonds is 1. The van der Waals surface area contributed by atoms with Crippen molar-refractivity contribution < 1.29 is 40.8 Å². The number of hydrogen-bond acceptors (Lipinski definition) is 3. The molecule has 1 heterocycles. The summed E-state index contributed by atoms with van der Waals surface area (Å²) in [5.41, 5.74) is -1.55. The summed E-state index contributed by atoms with van der Waals surface area (Å²) in [5, 5.41) is 2.65. The molecule has 0 saturated carbocycles. The van der Waals surface area contributed by atoms with Crippen LogP contribution < -0.4 is 18.9 Å². The first-order valence-corrected chi connectivity index (χ1v) is 4.52. The van der Waals surface area contributed by atoms with E-state index in [-0.39, 0.29) is 24.4 Å². The van der Waals surface area contributed by atoms with Crippen LogP contribution in [-0.2, 0) is 24.3 Å². The molecule has 0 spiro atoms. The van der Waals surface area contributed by atoms with Crippen LogP contribution >= 0.6 is 0 Å². The second-order valence-corrected chi connectivity index (χ2v) is 3.49. The molecule has 0 N–H and O–H groups in total. The third-order valence-corrected chi connectivity index (χ3v) is 2.53. The monoisotopic (exact) mass is 234 g/mol. The minimum Gasteiger partial charge on any atom is -0.767 e. The van der Waals surface area contributed by atoms with Crippen molar-refractivity contribution in [3.8, 4) is 0 Å². The van der Waals surface area contributed by atoms with Gasteiger partial charge in [-0.05, 0) is 18.0 Å². The molecule has 1 atom stereocenters. The van der Waals surface area contributed by atoms with Crippen molar-refractivity contribution in [1.82, 2.24) is 9.78 Å². The van der Waals surface area contributed by atoms with Gasteiger partial charge in [-0.25, -0.2) is 0 Å². The van der Waals surface area contributed by atoms with Crippen LogP contribution in [0.1, 0.15) is 11.3 Å². The van der Waals surface area contributed by atoms with Crippen LogP contribution in [0.4, 0.5) is 13.2 Å². The van der Waals surface area contributed by atoms with Crippen LogP contribution in [0.25, 0.3) is 0 Å². The maximum absolute atomic E-state index is 12.2. The third kappa shape index (κ3) is 2.84. The van der Waals surface area contributed by atoms with Crippen LogP contribution in [0.2, 0.25) is 0 Å². The minimum absolute atomic E-state index is 0. The molecule has 0 aliphatic carbocycles. The molecule has 0 radical (unpaired) electrons. The standard InChI is InChI=1S/C6H7F3N2O2S.Li/c1-3-4(6(7,8)9)10-11(2)5(3)14(12)13;/h1-2H3,(H,12,13);/q;+1/p-1. The number of aromatic nitrogens is 2. The Morgan fingerprint density at radius 3 is 2.13 bits per heavy atom. The van der Waals surface area contributed by atoms with Gasteiger partial charge in [-0.1, -0.05) is 0 Å². The van der Waals surface area contributed by atoms with E-state index >= 15 is 0 Å². The average molecular weight is 234 g/mol. The predicted molar refractivity (Wildman–Crippen MR) is 40.1 cm³/mol. The molecule has 0 amide bonds. The van der Waals surface area contributed by atoms with Gasteiger partial charge in [-0.3, -0.25) is 8.89 Å². The zero-order valence-electron chi connectivity index (χ0n) is 8.25. The Bertz CT molecular complexity index is 390. The molecule has 1 rings (SSSR count). The number of alkyl halides is 3. The zero-order valence-corrected chi connectivity index (χ0v) is 9.07. The van der Waals surface area contributed by atoms with E-state index in [1.54, 1.807) is 0 Å². The summed E-state index contributed by atoms with van der Waals surface area (Å²) >= 11 is -2.72. The second-order valence-electron chi connectivity index (χ2n) is 2.63. The number of nitrogens with zero attached hydrogens (tertiary/aromatic N) is 2. The van der Waals surface area contributed by atoms with Gasteiger partial charge in [0.15, 0.2) is 5.69 Å². The van der Waals surface area contributed by atoms with Gasteiger partial charge in [0.05, 0.1) is 0 Å². The fourth-order valence-corrected chi connectivity index (χ4v) is 1.72. The van der Waals surface area contributed by atoms with Crippen LogP contribution in [0.5, 0.6) is 0 Å². The molecule has 0 aliphatic rings. The first-order chi connectivity index (χ1) is 6.25. The van der Waals surface area contributed by atoms with Crippen LogP contribution in [0.3, 0.4) is 0 Å². The molecule has 1 aromatic rings. The van der Waals surface area contributed by atoms with Gasteiger partial charge in [0.1, 0.15) is 5.03 Å². The van der Waals surface area contributed by atoms with E-state index in [4.69, 9.17) is 0 Å². The van der Waals surface area contributed by atoms with Crippen molar-refractivity contribution >= 4 is 11.1 Å². The Kier molecular flexibility index (Phi) is 4.61. The van der Waals surface area contributed by atoms with Gasteiger partial charge in [-0.15, -0.1) is 0 Å². The summed E-state index contributed by atoms with van der Waals surface area (Å²) in [6.07, 6.45) is -4.63. The zero-order chi connectivity index (χ0) is 11.1. The van der Waals surface area contributed by atoms with E-state index in [1.807, 2.05) is 0 Å². The van der Waals surface area contributed by atoms with Gasteiger partial charge >= 0.3 is 25.0 Å². The largest absolute Gasteiger partial charge is 1.00 e. The summed E-state index contributed by atoms with van der Waals surface area (Å²) in [4.78, 5) is 0. The van der Waals surface area contributed by atoms with Crippen molar-refractivity contribution in [2.45, 2.75) is 18.1 Å². The maximum atomic E-state index is 12.2. The Hall–Kier alpha value is -0.293. The molecular weight excluding hydrogens is 228 g/mol. The molecule has 15 heavy (non-hydrogen) atoms. The summed E-state index contributed by atoms with van der Waals surface area (Å²) < 4.78 is 58.5. The summed E-state index contributed by atoms with van der Waals surface area (Å²) in [5.74, 6) is 0. The number of aryl methyl sites for hydroxylation is 1. The Labute approximate surface area is 98.3 Å². The van der Waals surface area contributed by atoms with E-state index in [0.717, 1.165) is 14.0 Å². The molecule has 0 aliphatic heterocycles. The van der Waals surface area contributed by atoms with E-state index in [9.17, 15) is 21.9 Å². The predicted octanol–water partition coefficient (Wildman–Crippen LogP) is -2.01. The van der Waals surface area contributed by atoms with E-state index in [2.05, 4.69) is 5.10 Å². The molecule has 0 bridgehead atoms. The van der Waals surface area contributed by atoms with Crippen LogP contribution in [-0.4, -0.2) is 18.5 Å². The maximum Gasteiger partial charge on any atom is 1.00 e. The van der Waals surface area contributed by atoms with Gasteiger partial charge < -0.3 is 4.55 Å². The smallest absolute Gasteiger partial charge is 0.767 e. The molecule has 1 aromatic heterocycles. The fraction of sp³-hybridized carbons (Fsp3) is 0.500. The summed E-state index contributed by atoms with van der Waals surface area (Å²) in [6, 6.07) is 0. The molecule has 0 saturated heterocycles. The molecular formula is C6H6F3LiN2O2S. The molecule has 4 nitrogen and oxygen atoms in total. The third-order valence-electron chi connectivity index (χ3n) is 1.65. The van der Waals surface area contributed by atoms with Crippen molar-refractivity contribution in [1.29, 1.82) is 0 Å². The normalized spacial score (nSPS) is 13.5. The van der Waals surface area contributed by atoms with Gasteiger partial charge in [-0.2, -0.15) is 18.3 Å². The van der Waals surface area contributed by atoms with Crippen molar-refractivity contribution in [3.05, 3.63) is 11.3 Å². The molecule has 0 aromatic carbocycles. The van der Waals surface area contributed by atoms with Gasteiger partial charge in [0, 0.05) is 12.6 Å². The second kappa shape index (κ2) is 4.70. The average Bonchev–Trinajstić information content (AvgIpc) is 2.24. The number of halogens is 3. The Balaban J connectivity index is 0.00000196. The molecule has 9 heteroatoms. The van der Waals surface area contributed by atoms with Gasteiger partial charge in [0.2, 0.25) is 0 Å². The van der Waals surface area contributed by atoms with E-state index < -0.39 is 28.0 Å². The molecule has 0 fully saturated rings. The van der Waals surface area contributed by atoms with Crippen molar-refractivity contribution in [2.24, 2.45) is 7.05 Å². The van der Waals surface area contributed by atoms with Crippen molar-refractivity contribution in [3.63, 3.8) is 0 Å². The van der Waals surface area contributed by atoms with E-state index in [0.29, 0.717) is 4.68 Å². The Morgan fingerprint density at radius 1 is 1.47 bits per heavy atom. The minimum atomic E-state index is -4.63. The SMILES string of the molecule is Cc1c(C(F)(F)F)nn(C)c1S(=O)[O-].[Li+]. The van der Waals surface area contributed by atoms with Crippen LogP contribution in [0.15, 0.2) is 5.03 Å². The first kappa shape index (κ1) is 14.7. The molecule has 1 unspecified atom stereocenters. The van der Waals surface area contributed by atoms with Crippen LogP contribution in [0, 0.1) is 6.92 Å². The Morgan fingerprint density at radius 2 is 1.93 bits per heavy atom. The van der Waals surface area contributed by atoms with Gasteiger partial charge in [0.25, 0.3) is 0 Å².